The summed E-state index contributed by atoms with van der Waals surface area (Å²) in [4.78, 5) is 11.1. The number of ether oxygens (including phenoxy) is 1. The molecule has 0 amide bonds. The van der Waals surface area contributed by atoms with Crippen molar-refractivity contribution in [3.63, 3.8) is 0 Å². The van der Waals surface area contributed by atoms with Crippen LogP contribution >= 0.6 is 11.6 Å². The first-order chi connectivity index (χ1) is 6.41. The number of Topliss-reactive ketones (excluding diaryl/α,β-unsaturated/α-hetero) is 1. The lowest BCUT2D eigenvalue weighted by Gasteiger charge is -2.41. The Morgan fingerprint density at radius 1 is 1.71 bits per heavy atom. The van der Waals surface area contributed by atoms with Gasteiger partial charge >= 0.3 is 0 Å². The molecule has 1 saturated heterocycles. The Hall–Kier alpha value is -0.200. The lowest BCUT2D eigenvalue weighted by Crippen LogP contribution is -2.60. The SMILES string of the molecule is CC(=O)[C@@]1(O)CC(Cl)O[C@H](CO)[C@H]1O. The molecule has 82 valence electrons. The summed E-state index contributed by atoms with van der Waals surface area (Å²) in [5.74, 6) is -0.586. The molecule has 3 N–H and O–H groups in total. The zero-order chi connectivity index (χ0) is 10.9. The van der Waals surface area contributed by atoms with E-state index in [4.69, 9.17) is 21.4 Å². The van der Waals surface area contributed by atoms with Crippen LogP contribution in [0.5, 0.6) is 0 Å². The summed E-state index contributed by atoms with van der Waals surface area (Å²) >= 11 is 5.63. The van der Waals surface area contributed by atoms with E-state index in [1.54, 1.807) is 0 Å². The molecule has 1 unspecified atom stereocenters. The summed E-state index contributed by atoms with van der Waals surface area (Å²) in [5.41, 5.74) is -2.80. The third kappa shape index (κ3) is 1.92. The van der Waals surface area contributed by atoms with Crippen LogP contribution in [0.3, 0.4) is 0 Å². The maximum absolute atomic E-state index is 11.1. The van der Waals surface area contributed by atoms with Crippen molar-refractivity contribution < 1.29 is 24.9 Å². The molecule has 0 aromatic carbocycles. The molecule has 0 aliphatic carbocycles. The van der Waals surface area contributed by atoms with Gasteiger partial charge in [0.05, 0.1) is 6.61 Å². The van der Waals surface area contributed by atoms with Crippen LogP contribution in [0.25, 0.3) is 0 Å². The minimum Gasteiger partial charge on any atom is -0.394 e. The van der Waals surface area contributed by atoms with Gasteiger partial charge in [-0.1, -0.05) is 11.6 Å². The lowest BCUT2D eigenvalue weighted by atomic mass is 9.84. The van der Waals surface area contributed by atoms with E-state index in [2.05, 4.69) is 0 Å². The monoisotopic (exact) mass is 224 g/mol. The number of carbonyl (C=O) groups is 1. The highest BCUT2D eigenvalue weighted by Gasteiger charge is 2.50. The van der Waals surface area contributed by atoms with Gasteiger partial charge in [0.25, 0.3) is 0 Å². The predicted octanol–water partition coefficient (Wildman–Crippen LogP) is -0.987. The molecule has 1 aliphatic heterocycles. The first-order valence-corrected chi connectivity index (χ1v) is 4.67. The van der Waals surface area contributed by atoms with Crippen molar-refractivity contribution in [2.45, 2.75) is 36.7 Å². The van der Waals surface area contributed by atoms with Crippen molar-refractivity contribution in [2.24, 2.45) is 0 Å². The number of ketones is 1. The molecule has 1 rings (SSSR count). The van der Waals surface area contributed by atoms with Crippen molar-refractivity contribution in [3.05, 3.63) is 0 Å². The van der Waals surface area contributed by atoms with Crippen LogP contribution in [0.4, 0.5) is 0 Å². The molecule has 6 heteroatoms. The third-order valence-corrected chi connectivity index (χ3v) is 2.68. The highest BCUT2D eigenvalue weighted by Crippen LogP contribution is 2.31. The van der Waals surface area contributed by atoms with E-state index in [1.807, 2.05) is 0 Å². The first kappa shape index (κ1) is 11.9. The largest absolute Gasteiger partial charge is 0.394 e. The molecular formula is C8H13ClO5. The Balaban J connectivity index is 2.89. The van der Waals surface area contributed by atoms with E-state index >= 15 is 0 Å². The normalized spacial score (nSPS) is 43.6. The molecule has 0 saturated carbocycles. The van der Waals surface area contributed by atoms with Gasteiger partial charge in [-0.15, -0.1) is 0 Å². The molecule has 14 heavy (non-hydrogen) atoms. The van der Waals surface area contributed by atoms with Gasteiger partial charge in [0.1, 0.15) is 17.8 Å². The van der Waals surface area contributed by atoms with Crippen molar-refractivity contribution in [1.82, 2.24) is 0 Å². The van der Waals surface area contributed by atoms with Crippen LogP contribution in [0.15, 0.2) is 0 Å². The number of aliphatic hydroxyl groups excluding tert-OH is 2. The van der Waals surface area contributed by atoms with E-state index in [-0.39, 0.29) is 6.42 Å². The molecule has 1 heterocycles. The number of hydrogen-bond acceptors (Lipinski definition) is 5. The van der Waals surface area contributed by atoms with Crippen LogP contribution in [-0.4, -0.2) is 51.1 Å². The molecule has 1 aliphatic rings. The van der Waals surface area contributed by atoms with Crippen LogP contribution < -0.4 is 0 Å². The molecule has 5 nitrogen and oxygen atoms in total. The topological polar surface area (TPSA) is 87.0 Å². The summed E-state index contributed by atoms with van der Waals surface area (Å²) in [5, 5.41) is 28.2. The number of hydrogen-bond donors (Lipinski definition) is 3. The molecule has 0 radical (unpaired) electrons. The fourth-order valence-corrected chi connectivity index (χ4v) is 1.85. The van der Waals surface area contributed by atoms with E-state index in [0.29, 0.717) is 0 Å². The van der Waals surface area contributed by atoms with Crippen LogP contribution in [0, 0.1) is 0 Å². The van der Waals surface area contributed by atoms with Gasteiger partial charge in [-0.25, -0.2) is 0 Å². The van der Waals surface area contributed by atoms with Crippen molar-refractivity contribution in [3.8, 4) is 0 Å². The minimum atomic E-state index is -1.92. The van der Waals surface area contributed by atoms with Crippen LogP contribution in [0.1, 0.15) is 13.3 Å². The summed E-state index contributed by atoms with van der Waals surface area (Å²) in [6, 6.07) is 0. The van der Waals surface area contributed by atoms with Crippen LogP contribution in [0.2, 0.25) is 0 Å². The highest BCUT2D eigenvalue weighted by molar-refractivity contribution is 6.20. The van der Waals surface area contributed by atoms with Gasteiger partial charge in [-0.05, 0) is 6.92 Å². The van der Waals surface area contributed by atoms with Gasteiger partial charge < -0.3 is 20.1 Å². The zero-order valence-electron chi connectivity index (χ0n) is 7.68. The summed E-state index contributed by atoms with van der Waals surface area (Å²) < 4.78 is 4.95. The second-order valence-corrected chi connectivity index (χ2v) is 3.88. The number of alkyl halides is 1. The predicted molar refractivity (Wildman–Crippen MR) is 47.9 cm³/mol. The van der Waals surface area contributed by atoms with E-state index in [9.17, 15) is 15.0 Å². The maximum Gasteiger partial charge on any atom is 0.164 e. The van der Waals surface area contributed by atoms with Gasteiger partial charge in [-0.2, -0.15) is 0 Å². The van der Waals surface area contributed by atoms with Gasteiger partial charge in [0, 0.05) is 6.42 Å². The molecular weight excluding hydrogens is 212 g/mol. The minimum absolute atomic E-state index is 0.179. The Labute approximate surface area is 86.2 Å². The number of carbonyl (C=O) groups excluding carboxylic acids is 1. The average molecular weight is 225 g/mol. The van der Waals surface area contributed by atoms with E-state index in [1.165, 1.54) is 0 Å². The zero-order valence-corrected chi connectivity index (χ0v) is 8.44. The average Bonchev–Trinajstić information content (AvgIpc) is 2.11. The molecule has 0 bridgehead atoms. The number of rotatable bonds is 2. The Kier molecular flexibility index (Phi) is 3.49. The quantitative estimate of drug-likeness (QED) is 0.525. The van der Waals surface area contributed by atoms with Gasteiger partial charge in [-0.3, -0.25) is 4.79 Å². The fourth-order valence-electron chi connectivity index (χ4n) is 1.48. The van der Waals surface area contributed by atoms with Gasteiger partial charge in [0.15, 0.2) is 11.4 Å². The molecule has 4 atom stereocenters. The Bertz CT molecular complexity index is 234. The lowest BCUT2D eigenvalue weighted by molar-refractivity contribution is -0.206. The van der Waals surface area contributed by atoms with E-state index < -0.39 is 35.8 Å². The second-order valence-electron chi connectivity index (χ2n) is 3.40. The molecule has 0 aromatic rings. The molecule has 0 aromatic heterocycles. The van der Waals surface area contributed by atoms with Crippen molar-refractivity contribution in [1.29, 1.82) is 0 Å². The molecule has 1 fully saturated rings. The third-order valence-electron chi connectivity index (χ3n) is 2.43. The summed E-state index contributed by atoms with van der Waals surface area (Å²) in [6.45, 7) is 0.659. The standard InChI is InChI=1S/C8H13ClO5/c1-4(11)8(13)2-6(9)14-5(3-10)7(8)12/h5-7,10,12-13H,2-3H2,1H3/t5-,6?,7-,8+/m1/s1. The van der Waals surface area contributed by atoms with Gasteiger partial charge in [0.2, 0.25) is 0 Å². The summed E-state index contributed by atoms with van der Waals surface area (Å²) in [7, 11) is 0. The first-order valence-electron chi connectivity index (χ1n) is 4.23. The highest BCUT2D eigenvalue weighted by atomic mass is 35.5. The van der Waals surface area contributed by atoms with Crippen LogP contribution in [-0.2, 0) is 9.53 Å². The summed E-state index contributed by atoms with van der Waals surface area (Å²) in [6.07, 6.45) is -2.65. The van der Waals surface area contributed by atoms with E-state index in [0.717, 1.165) is 6.92 Å². The Morgan fingerprint density at radius 2 is 2.29 bits per heavy atom. The Morgan fingerprint density at radius 3 is 2.71 bits per heavy atom. The fraction of sp³-hybridized carbons (Fsp3) is 0.875. The van der Waals surface area contributed by atoms with Crippen molar-refractivity contribution in [2.75, 3.05) is 6.61 Å². The molecule has 0 spiro atoms. The maximum atomic E-state index is 11.1. The van der Waals surface area contributed by atoms with Crippen molar-refractivity contribution >= 4 is 17.4 Å². The number of halogens is 1. The second kappa shape index (κ2) is 4.12. The smallest absolute Gasteiger partial charge is 0.164 e. The number of aliphatic hydroxyl groups is 3.